The zero-order chi connectivity index (χ0) is 17.3. The molecule has 7 heteroatoms. The number of rotatable bonds is 5. The highest BCUT2D eigenvalue weighted by molar-refractivity contribution is 7.19. The topological polar surface area (TPSA) is 77.2 Å². The van der Waals surface area contributed by atoms with Crippen LogP contribution in [0.15, 0.2) is 36.4 Å². The van der Waals surface area contributed by atoms with E-state index in [9.17, 15) is 14.9 Å². The minimum absolute atomic E-state index is 0.0527. The number of aromatic nitrogens is 1. The number of aryl methyl sites for hydroxylation is 1. The van der Waals surface area contributed by atoms with Crippen molar-refractivity contribution >= 4 is 33.1 Å². The summed E-state index contributed by atoms with van der Waals surface area (Å²) in [6.07, 6.45) is 0. The summed E-state index contributed by atoms with van der Waals surface area (Å²) in [4.78, 5) is 24.1. The van der Waals surface area contributed by atoms with Gasteiger partial charge in [0.1, 0.15) is 5.69 Å². The number of carbonyl (C=O) groups is 1. The van der Waals surface area contributed by atoms with E-state index in [0.717, 1.165) is 20.7 Å². The highest BCUT2D eigenvalue weighted by atomic mass is 32.1. The van der Waals surface area contributed by atoms with E-state index < -0.39 is 4.92 Å². The molecule has 2 heterocycles. The number of hydrogen-bond acceptors (Lipinski definition) is 4. The third-order valence-electron chi connectivity index (χ3n) is 3.74. The average molecular weight is 343 g/mol. The predicted molar refractivity (Wildman–Crippen MR) is 94.8 cm³/mol. The van der Waals surface area contributed by atoms with Crippen LogP contribution in [0.4, 0.5) is 5.69 Å². The molecular weight excluding hydrogens is 326 g/mol. The molecular formula is C17H17N3O3S. The van der Waals surface area contributed by atoms with Crippen LogP contribution in [0.25, 0.3) is 10.2 Å². The minimum Gasteiger partial charge on any atom is -0.351 e. The van der Waals surface area contributed by atoms with E-state index in [1.165, 1.54) is 6.07 Å². The van der Waals surface area contributed by atoms with Gasteiger partial charge in [0.25, 0.3) is 11.6 Å². The third-order valence-corrected chi connectivity index (χ3v) is 4.73. The maximum absolute atomic E-state index is 12.3. The molecule has 0 atom stereocenters. The molecule has 0 saturated carbocycles. The van der Waals surface area contributed by atoms with Crippen LogP contribution in [0.3, 0.4) is 0 Å². The average Bonchev–Trinajstić information content (AvgIpc) is 3.05. The third kappa shape index (κ3) is 3.03. The van der Waals surface area contributed by atoms with Crippen molar-refractivity contribution in [1.82, 2.24) is 9.88 Å². The van der Waals surface area contributed by atoms with Gasteiger partial charge in [-0.3, -0.25) is 14.9 Å². The number of hydrogen-bond donors (Lipinski definition) is 1. The van der Waals surface area contributed by atoms with Crippen LogP contribution >= 0.6 is 11.3 Å². The first-order valence-corrected chi connectivity index (χ1v) is 8.42. The van der Waals surface area contributed by atoms with Gasteiger partial charge in [0.2, 0.25) is 0 Å². The fourth-order valence-electron chi connectivity index (χ4n) is 2.73. The fraction of sp³-hybridized carbons (Fsp3) is 0.235. The summed E-state index contributed by atoms with van der Waals surface area (Å²) in [6.45, 7) is 4.85. The molecule has 3 rings (SSSR count). The van der Waals surface area contributed by atoms with Crippen molar-refractivity contribution in [1.29, 1.82) is 0 Å². The molecule has 24 heavy (non-hydrogen) atoms. The van der Waals surface area contributed by atoms with Gasteiger partial charge in [-0.1, -0.05) is 12.1 Å². The highest BCUT2D eigenvalue weighted by Gasteiger charge is 2.17. The van der Waals surface area contributed by atoms with Crippen LogP contribution in [0.1, 0.15) is 27.9 Å². The largest absolute Gasteiger partial charge is 0.351 e. The molecule has 0 unspecified atom stereocenters. The van der Waals surface area contributed by atoms with Crippen LogP contribution in [0.2, 0.25) is 0 Å². The second-order valence-electron chi connectivity index (χ2n) is 5.51. The van der Waals surface area contributed by atoms with Gasteiger partial charge in [0.05, 0.1) is 15.1 Å². The van der Waals surface area contributed by atoms with Crippen LogP contribution in [-0.4, -0.2) is 21.9 Å². The molecule has 0 bridgehead atoms. The summed E-state index contributed by atoms with van der Waals surface area (Å²) in [6, 6.07) is 10.4. The summed E-state index contributed by atoms with van der Waals surface area (Å²) in [7, 11) is 0. The van der Waals surface area contributed by atoms with Crippen molar-refractivity contribution in [3.05, 3.63) is 62.6 Å². The molecule has 3 aromatic rings. The van der Waals surface area contributed by atoms with E-state index in [0.29, 0.717) is 18.8 Å². The van der Waals surface area contributed by atoms with E-state index in [2.05, 4.69) is 5.32 Å². The maximum Gasteiger partial charge on any atom is 0.269 e. The van der Waals surface area contributed by atoms with Gasteiger partial charge >= 0.3 is 0 Å². The lowest BCUT2D eigenvalue weighted by Gasteiger charge is -2.10. The van der Waals surface area contributed by atoms with Gasteiger partial charge in [-0.2, -0.15) is 0 Å². The number of nitro benzene ring substituents is 1. The van der Waals surface area contributed by atoms with E-state index in [4.69, 9.17) is 0 Å². The fourth-order valence-corrected chi connectivity index (χ4v) is 3.69. The molecule has 124 valence electrons. The zero-order valence-electron chi connectivity index (χ0n) is 13.4. The van der Waals surface area contributed by atoms with Crippen molar-refractivity contribution < 1.29 is 9.72 Å². The van der Waals surface area contributed by atoms with Gasteiger partial charge in [0.15, 0.2) is 0 Å². The molecule has 0 aliphatic carbocycles. The standard InChI is InChI=1S/C17H17N3O3S/c1-3-18-17(21)15-9-16-14(7-11(2)24-16)19(15)10-12-5-4-6-13(8-12)20(22)23/h4-9H,3,10H2,1-2H3,(H,18,21). The Kier molecular flexibility index (Phi) is 4.35. The first-order valence-electron chi connectivity index (χ1n) is 7.60. The van der Waals surface area contributed by atoms with Crippen molar-refractivity contribution in [3.63, 3.8) is 0 Å². The van der Waals surface area contributed by atoms with E-state index in [-0.39, 0.29) is 11.6 Å². The number of nitro groups is 1. The number of fused-ring (bicyclic) bond motifs is 1. The number of nitrogens with one attached hydrogen (secondary N) is 1. The minimum atomic E-state index is -0.409. The number of non-ortho nitro benzene ring substituents is 1. The van der Waals surface area contributed by atoms with Crippen molar-refractivity contribution in [2.24, 2.45) is 0 Å². The lowest BCUT2D eigenvalue weighted by Crippen LogP contribution is -2.25. The summed E-state index contributed by atoms with van der Waals surface area (Å²) >= 11 is 1.63. The molecule has 1 amide bonds. The molecule has 1 N–H and O–H groups in total. The molecule has 1 aromatic carbocycles. The van der Waals surface area contributed by atoms with Gasteiger partial charge in [-0.05, 0) is 31.5 Å². The van der Waals surface area contributed by atoms with E-state index in [1.807, 2.05) is 36.6 Å². The Bertz CT molecular complexity index is 926. The monoisotopic (exact) mass is 343 g/mol. The Morgan fingerprint density at radius 2 is 2.12 bits per heavy atom. The molecule has 0 spiro atoms. The van der Waals surface area contributed by atoms with E-state index >= 15 is 0 Å². The lowest BCUT2D eigenvalue weighted by atomic mass is 10.2. The van der Waals surface area contributed by atoms with Crippen molar-refractivity contribution in [2.75, 3.05) is 6.54 Å². The van der Waals surface area contributed by atoms with Crippen LogP contribution in [-0.2, 0) is 6.54 Å². The molecule has 6 nitrogen and oxygen atoms in total. The summed E-state index contributed by atoms with van der Waals surface area (Å²) in [5, 5.41) is 13.8. The number of carbonyl (C=O) groups excluding carboxylic acids is 1. The van der Waals surface area contributed by atoms with Crippen molar-refractivity contribution in [2.45, 2.75) is 20.4 Å². The Hall–Kier alpha value is -2.67. The molecule has 0 aliphatic rings. The number of amides is 1. The SMILES string of the molecule is CCNC(=O)c1cc2sc(C)cc2n1Cc1cccc([N+](=O)[O-])c1. The second-order valence-corrected chi connectivity index (χ2v) is 6.80. The normalized spacial score (nSPS) is 10.9. The van der Waals surface area contributed by atoms with E-state index in [1.54, 1.807) is 23.5 Å². The molecule has 0 fully saturated rings. The molecule has 0 saturated heterocycles. The summed E-state index contributed by atoms with van der Waals surface area (Å²) in [5.74, 6) is -0.135. The molecule has 2 aromatic heterocycles. The van der Waals surface area contributed by atoms with Gasteiger partial charge in [0, 0.05) is 30.1 Å². The lowest BCUT2D eigenvalue weighted by molar-refractivity contribution is -0.384. The second kappa shape index (κ2) is 6.45. The van der Waals surface area contributed by atoms with Crippen LogP contribution < -0.4 is 5.32 Å². The zero-order valence-corrected chi connectivity index (χ0v) is 14.2. The van der Waals surface area contributed by atoms with Crippen molar-refractivity contribution in [3.8, 4) is 0 Å². The number of benzene rings is 1. The summed E-state index contributed by atoms with van der Waals surface area (Å²) < 4.78 is 2.96. The Balaban J connectivity index is 2.06. The smallest absolute Gasteiger partial charge is 0.269 e. The summed E-state index contributed by atoms with van der Waals surface area (Å²) in [5.41, 5.74) is 2.39. The van der Waals surface area contributed by atoms with Gasteiger partial charge in [-0.25, -0.2) is 0 Å². The van der Waals surface area contributed by atoms with Crippen LogP contribution in [0, 0.1) is 17.0 Å². The Morgan fingerprint density at radius 1 is 1.33 bits per heavy atom. The Labute approximate surface area is 142 Å². The quantitative estimate of drug-likeness (QED) is 0.566. The van der Waals surface area contributed by atoms with Gasteiger partial charge < -0.3 is 9.88 Å². The Morgan fingerprint density at radius 3 is 2.83 bits per heavy atom. The number of nitrogens with zero attached hydrogens (tertiary/aromatic N) is 2. The molecule has 0 aliphatic heterocycles. The number of thiophene rings is 1. The predicted octanol–water partition coefficient (Wildman–Crippen LogP) is 3.72. The highest BCUT2D eigenvalue weighted by Crippen LogP contribution is 2.29. The first-order chi connectivity index (χ1) is 11.5. The maximum atomic E-state index is 12.3. The van der Waals surface area contributed by atoms with Gasteiger partial charge in [-0.15, -0.1) is 11.3 Å². The first kappa shape index (κ1) is 16.2. The van der Waals surface area contributed by atoms with Crippen LogP contribution in [0.5, 0.6) is 0 Å². The molecule has 0 radical (unpaired) electrons.